The van der Waals surface area contributed by atoms with E-state index in [1.807, 2.05) is 88.4 Å². The number of carbonyl (C=O) groups excluding carboxylic acids is 4. The summed E-state index contributed by atoms with van der Waals surface area (Å²) in [5.74, 6) is 0.326. The maximum absolute atomic E-state index is 14.2. The van der Waals surface area contributed by atoms with Crippen molar-refractivity contribution in [1.82, 2.24) is 10.6 Å². The molecular weight excluding hydrogens is 1210 g/mol. The predicted octanol–water partition coefficient (Wildman–Crippen LogP) is 12.9. The molecule has 2 saturated heterocycles. The zero-order chi connectivity index (χ0) is 68.6. The molecule has 22 nitrogen and oxygen atoms in total. The molecule has 0 bridgehead atoms. The lowest BCUT2D eigenvalue weighted by Gasteiger charge is -2.47. The van der Waals surface area contributed by atoms with Crippen LogP contribution in [0.5, 0.6) is 23.0 Å². The predicted molar refractivity (Wildman–Crippen MR) is 368 cm³/mol. The van der Waals surface area contributed by atoms with Crippen molar-refractivity contribution >= 4 is 35.1 Å². The zero-order valence-corrected chi connectivity index (χ0v) is 58.2. The summed E-state index contributed by atoms with van der Waals surface area (Å²) in [6.45, 7) is 27.9. The standard InChI is InChI=1S/C73H106N10O12/c1-11-13-33-82(35-17-15-25-63(82)71(86)78-69-53(3)21-19-22-54(69)4)47-59-27-29-65(94-57(7)84)67(43-59)92-49-61(80-74)45-76-31-37-88-39-41-90-51-73(9,10)52-91-42-40-89-38-32-77-46-62(81-75)50-93-68-44-60(28-30-66(68)95-58(8)85)48-83(34-14-12-2)36-18-16-26-64(83)72(87)79-70-55(5)23-20-24-56(70)6/h19-24,27-30,43-46,63-64H,11-18,25-26,31-42,47-52H2,1-10H3,(H4-2,74,75,76,77,78,79,86,87)/p+2. The Morgan fingerprint density at radius 1 is 0.547 bits per heavy atom. The van der Waals surface area contributed by atoms with E-state index in [9.17, 15) is 19.2 Å². The van der Waals surface area contributed by atoms with Crippen molar-refractivity contribution in [3.63, 3.8) is 0 Å². The molecule has 0 aliphatic carbocycles. The number of esters is 2. The maximum atomic E-state index is 14.2. The largest absolute Gasteiger partial charge is 0.483 e. The number of unbranched alkanes of at least 4 members (excludes halogenated alkanes) is 2. The SMILES string of the molecule is CCCC[N+]1(Cc2ccc(OC(C)=O)c(OC/C(=C/NCCOCCOCC(C)(C)COCCOCCN/C=C(/COc3cc(C[N+]4(CCCC)CCCCC4C(=O)Nc4c(C)cccc4C)ccc3OC(C)=O)N=N)N=N)c2)CCCCC1C(=O)Nc1c(C)cccc1C. The van der Waals surface area contributed by atoms with Gasteiger partial charge in [-0.25, -0.2) is 11.1 Å². The Hall–Kier alpha value is -7.60. The number of carbonyl (C=O) groups is 4. The van der Waals surface area contributed by atoms with E-state index >= 15 is 0 Å². The van der Waals surface area contributed by atoms with Crippen LogP contribution >= 0.6 is 0 Å². The minimum atomic E-state index is -0.486. The first kappa shape index (κ1) is 76.4. The molecule has 0 saturated carbocycles. The van der Waals surface area contributed by atoms with Crippen molar-refractivity contribution < 1.29 is 66.0 Å². The number of para-hydroxylation sites is 2. The molecule has 2 aliphatic rings. The summed E-state index contributed by atoms with van der Waals surface area (Å²) < 4.78 is 48.2. The number of hydrogen-bond donors (Lipinski definition) is 6. The van der Waals surface area contributed by atoms with Gasteiger partial charge in [-0.05, 0) is 125 Å². The summed E-state index contributed by atoms with van der Waals surface area (Å²) in [7, 11) is 0. The molecule has 2 heterocycles. The van der Waals surface area contributed by atoms with Crippen molar-refractivity contribution in [3.8, 4) is 23.0 Å². The highest BCUT2D eigenvalue weighted by Gasteiger charge is 2.45. The number of benzene rings is 4. The van der Waals surface area contributed by atoms with Gasteiger partial charge in [-0.15, -0.1) is 0 Å². The molecule has 520 valence electrons. The molecule has 2 aliphatic heterocycles. The van der Waals surface area contributed by atoms with Gasteiger partial charge in [0.25, 0.3) is 11.8 Å². The summed E-state index contributed by atoms with van der Waals surface area (Å²) in [6, 6.07) is 22.7. The van der Waals surface area contributed by atoms with Gasteiger partial charge in [0, 0.05) is 80.1 Å². The lowest BCUT2D eigenvalue weighted by Crippen LogP contribution is -2.62. The van der Waals surface area contributed by atoms with Gasteiger partial charge in [-0.1, -0.05) is 76.9 Å². The first-order valence-electron chi connectivity index (χ1n) is 34.0. The molecule has 4 unspecified atom stereocenters. The first-order valence-corrected chi connectivity index (χ1v) is 34.0. The second-order valence-electron chi connectivity index (χ2n) is 26.1. The molecule has 2 amide bonds. The molecule has 2 fully saturated rings. The fourth-order valence-electron chi connectivity index (χ4n) is 12.7. The zero-order valence-electron chi connectivity index (χ0n) is 58.2. The fraction of sp³-hybridized carbons (Fsp3) is 0.562. The number of amides is 2. The van der Waals surface area contributed by atoms with Crippen molar-refractivity contribution in [3.05, 3.63) is 130 Å². The number of hydrogen-bond acceptors (Lipinski definition) is 18. The number of likely N-dealkylation sites (tertiary alicyclic amines) is 2. The van der Waals surface area contributed by atoms with E-state index < -0.39 is 11.9 Å². The van der Waals surface area contributed by atoms with Crippen molar-refractivity contribution in [2.24, 2.45) is 15.6 Å². The van der Waals surface area contributed by atoms with Crippen LogP contribution in [-0.2, 0) is 51.2 Å². The number of rotatable bonds is 42. The number of anilines is 2. The van der Waals surface area contributed by atoms with Crippen molar-refractivity contribution in [2.45, 2.75) is 159 Å². The van der Waals surface area contributed by atoms with Crippen LogP contribution in [0, 0.1) is 44.2 Å². The van der Waals surface area contributed by atoms with Crippen LogP contribution in [0.4, 0.5) is 11.4 Å². The lowest BCUT2D eigenvalue weighted by molar-refractivity contribution is -0.959. The Morgan fingerprint density at radius 3 is 1.31 bits per heavy atom. The van der Waals surface area contributed by atoms with Crippen molar-refractivity contribution in [2.75, 3.05) is 116 Å². The molecular formula is C73H108N10O12+2. The van der Waals surface area contributed by atoms with E-state index in [4.69, 9.17) is 49.0 Å². The molecule has 4 aromatic carbocycles. The molecule has 22 heteroatoms. The average molecular weight is 1320 g/mol. The van der Waals surface area contributed by atoms with Crippen LogP contribution in [0.25, 0.3) is 0 Å². The molecule has 4 atom stereocenters. The second kappa shape index (κ2) is 39.4. The van der Waals surface area contributed by atoms with Crippen LogP contribution in [0.2, 0.25) is 0 Å². The first-order chi connectivity index (χ1) is 45.7. The van der Waals surface area contributed by atoms with Gasteiger partial charge < -0.3 is 68.1 Å². The number of quaternary nitrogens is 2. The highest BCUT2D eigenvalue weighted by atomic mass is 16.6. The lowest BCUT2D eigenvalue weighted by atomic mass is 9.94. The number of aryl methyl sites for hydroxylation is 4. The molecule has 0 aromatic heterocycles. The van der Waals surface area contributed by atoms with Gasteiger partial charge >= 0.3 is 11.9 Å². The molecule has 95 heavy (non-hydrogen) atoms. The maximum Gasteiger partial charge on any atom is 0.308 e. The molecule has 6 rings (SSSR count). The van der Waals surface area contributed by atoms with E-state index in [1.165, 1.54) is 13.8 Å². The van der Waals surface area contributed by atoms with E-state index in [1.54, 1.807) is 24.5 Å². The summed E-state index contributed by atoms with van der Waals surface area (Å²) >= 11 is 0. The van der Waals surface area contributed by atoms with Crippen LogP contribution in [0.3, 0.4) is 0 Å². The molecule has 0 radical (unpaired) electrons. The Morgan fingerprint density at radius 2 is 0.937 bits per heavy atom. The van der Waals surface area contributed by atoms with Crippen LogP contribution < -0.4 is 40.2 Å². The summed E-state index contributed by atoms with van der Waals surface area (Å²) in [4.78, 5) is 52.8. The van der Waals surface area contributed by atoms with Crippen LogP contribution in [0.15, 0.2) is 107 Å². The fourth-order valence-corrected chi connectivity index (χ4v) is 12.7. The quantitative estimate of drug-likeness (QED) is 0.00793. The Balaban J connectivity index is 0.871. The number of nitrogens with one attached hydrogen (secondary N) is 6. The normalized spacial score (nSPS) is 18.3. The third kappa shape index (κ3) is 24.5. The third-order valence-electron chi connectivity index (χ3n) is 17.6. The van der Waals surface area contributed by atoms with E-state index in [0.717, 1.165) is 135 Å². The monoisotopic (exact) mass is 1320 g/mol. The van der Waals surface area contributed by atoms with Crippen LogP contribution in [-0.4, -0.2) is 150 Å². The Bertz CT molecular complexity index is 2960. The highest BCUT2D eigenvalue weighted by molar-refractivity contribution is 5.96. The van der Waals surface area contributed by atoms with Gasteiger partial charge in [0.15, 0.2) is 35.1 Å². The number of ether oxygens (including phenoxy) is 8. The summed E-state index contributed by atoms with van der Waals surface area (Å²) in [5.41, 5.74) is 23.9. The van der Waals surface area contributed by atoms with E-state index in [0.29, 0.717) is 111 Å². The molecule has 4 aromatic rings. The third-order valence-corrected chi connectivity index (χ3v) is 17.6. The summed E-state index contributed by atoms with van der Waals surface area (Å²) in [5, 5.41) is 20.2. The highest BCUT2D eigenvalue weighted by Crippen LogP contribution is 2.38. The minimum Gasteiger partial charge on any atom is -0.483 e. The van der Waals surface area contributed by atoms with Gasteiger partial charge in [-0.3, -0.25) is 19.2 Å². The van der Waals surface area contributed by atoms with Gasteiger partial charge in [-0.2, -0.15) is 10.2 Å². The molecule has 0 spiro atoms. The smallest absolute Gasteiger partial charge is 0.308 e. The number of piperidine rings is 2. The summed E-state index contributed by atoms with van der Waals surface area (Å²) in [6.07, 6.45) is 12.7. The van der Waals surface area contributed by atoms with Crippen molar-refractivity contribution in [1.29, 1.82) is 11.1 Å². The number of nitrogens with zero attached hydrogens (tertiary/aromatic N) is 4. The van der Waals surface area contributed by atoms with Crippen LogP contribution in [0.1, 0.15) is 139 Å². The second-order valence-corrected chi connectivity index (χ2v) is 26.1. The van der Waals surface area contributed by atoms with E-state index in [-0.39, 0.29) is 54.0 Å². The van der Waals surface area contributed by atoms with Gasteiger partial charge in [0.1, 0.15) is 37.7 Å². The van der Waals surface area contributed by atoms with Gasteiger partial charge in [0.05, 0.1) is 79.0 Å². The molecule has 6 N–H and O–H groups in total. The van der Waals surface area contributed by atoms with Gasteiger partial charge in [0.2, 0.25) is 0 Å². The van der Waals surface area contributed by atoms with E-state index in [2.05, 4.69) is 59.2 Å². The average Bonchev–Trinajstić information content (AvgIpc) is 0.793. The minimum absolute atomic E-state index is 0.0376. The Labute approximate surface area is 563 Å². The topological polar surface area (TPSA) is 263 Å². The Kier molecular flexibility index (Phi) is 31.7.